The molecule has 3 heterocycles. The lowest BCUT2D eigenvalue weighted by Gasteiger charge is -2.25. The lowest BCUT2D eigenvalue weighted by Crippen LogP contribution is -2.36. The average molecular weight is 709 g/mol. The zero-order valence-electron chi connectivity index (χ0n) is 30.5. The first-order valence-electron chi connectivity index (χ1n) is 18.0. The molecule has 0 saturated carbocycles. The van der Waals surface area contributed by atoms with Gasteiger partial charge in [0.2, 0.25) is 0 Å². The van der Waals surface area contributed by atoms with Crippen molar-refractivity contribution >= 4 is 11.6 Å². The molecule has 0 bridgehead atoms. The molecule has 5 rings (SSSR count). The Morgan fingerprint density at radius 3 is 1.13 bits per heavy atom. The van der Waals surface area contributed by atoms with E-state index in [-0.39, 0.29) is 11.6 Å². The number of ketones is 2. The van der Waals surface area contributed by atoms with E-state index in [1.54, 1.807) is 12.2 Å². The molecule has 10 nitrogen and oxygen atoms in total. The number of nitrogens with zero attached hydrogens (tertiary/aromatic N) is 4. The second-order valence-corrected chi connectivity index (χ2v) is 13.0. The van der Waals surface area contributed by atoms with E-state index in [1.165, 1.54) is 0 Å². The maximum atomic E-state index is 12.8. The van der Waals surface area contributed by atoms with Crippen molar-refractivity contribution in [1.29, 1.82) is 0 Å². The van der Waals surface area contributed by atoms with E-state index in [0.29, 0.717) is 92.1 Å². The van der Waals surface area contributed by atoms with E-state index < -0.39 is 0 Å². The standard InChI is InChI=1S/C42H52N4O6/c1-43-15-11-35(12-16-43)3-5-37-7-9-41(47)39(31-37)33-45-19-23-49-27-29-51-25-21-46(22-26-52-30-28-50-24-20-45)34-40-32-38(8-10-42(40)48)6-4-36-13-17-44(2)18-14-36/h3-18,31-32H,19-30,33-34H2,1-2H3/b37-5+,38-6+. The maximum absolute atomic E-state index is 12.8. The summed E-state index contributed by atoms with van der Waals surface area (Å²) in [6.07, 6.45) is 35.4. The highest BCUT2D eigenvalue weighted by atomic mass is 16.5. The predicted octanol–water partition coefficient (Wildman–Crippen LogP) is 4.45. The fraction of sp³-hybridized carbons (Fsp3) is 0.381. The van der Waals surface area contributed by atoms with Crippen LogP contribution in [0.2, 0.25) is 0 Å². The molecule has 0 aromatic rings. The molecule has 1 fully saturated rings. The van der Waals surface area contributed by atoms with Gasteiger partial charge in [0, 0.05) is 89.3 Å². The molecule has 0 spiro atoms. The van der Waals surface area contributed by atoms with Crippen molar-refractivity contribution in [2.45, 2.75) is 0 Å². The minimum atomic E-state index is 0.0227. The van der Waals surface area contributed by atoms with E-state index in [9.17, 15) is 9.59 Å². The number of allylic oxidation sites excluding steroid dienone is 18. The van der Waals surface area contributed by atoms with Crippen molar-refractivity contribution < 1.29 is 28.5 Å². The molecule has 52 heavy (non-hydrogen) atoms. The smallest absolute Gasteiger partial charge is 0.183 e. The molecule has 0 aromatic carbocycles. The Bertz CT molecular complexity index is 1460. The lowest BCUT2D eigenvalue weighted by molar-refractivity contribution is -0.112. The number of ether oxygens (including phenoxy) is 4. The predicted molar refractivity (Wildman–Crippen MR) is 205 cm³/mol. The van der Waals surface area contributed by atoms with Gasteiger partial charge in [-0.05, 0) is 70.9 Å². The zero-order chi connectivity index (χ0) is 36.4. The summed E-state index contributed by atoms with van der Waals surface area (Å²) in [6.45, 7) is 7.56. The van der Waals surface area contributed by atoms with Crippen molar-refractivity contribution in [3.8, 4) is 0 Å². The zero-order valence-corrected chi connectivity index (χ0v) is 30.5. The van der Waals surface area contributed by atoms with Crippen LogP contribution in [0.3, 0.4) is 0 Å². The lowest BCUT2D eigenvalue weighted by atomic mass is 9.99. The molecule has 0 radical (unpaired) electrons. The van der Waals surface area contributed by atoms with Crippen molar-refractivity contribution in [3.05, 3.63) is 143 Å². The molecule has 276 valence electrons. The highest BCUT2D eigenvalue weighted by Gasteiger charge is 2.18. The van der Waals surface area contributed by atoms with E-state index in [0.717, 1.165) is 33.4 Å². The monoisotopic (exact) mass is 708 g/mol. The number of carbonyl (C=O) groups is 2. The molecule has 10 heteroatoms. The Kier molecular flexibility index (Phi) is 15.8. The third-order valence-corrected chi connectivity index (χ3v) is 8.85. The summed E-state index contributed by atoms with van der Waals surface area (Å²) in [4.78, 5) is 34.0. The van der Waals surface area contributed by atoms with Crippen molar-refractivity contribution in [3.63, 3.8) is 0 Å². The normalized spacial score (nSPS) is 23.7. The maximum Gasteiger partial charge on any atom is 0.183 e. The number of hydrogen-bond acceptors (Lipinski definition) is 10. The van der Waals surface area contributed by atoms with Crippen LogP contribution in [0.15, 0.2) is 143 Å². The summed E-state index contributed by atoms with van der Waals surface area (Å²) >= 11 is 0. The summed E-state index contributed by atoms with van der Waals surface area (Å²) in [5, 5.41) is 0. The highest BCUT2D eigenvalue weighted by Crippen LogP contribution is 2.18. The highest BCUT2D eigenvalue weighted by molar-refractivity contribution is 6.07. The Morgan fingerprint density at radius 1 is 0.462 bits per heavy atom. The third kappa shape index (κ3) is 13.6. The Labute approximate surface area is 308 Å². The first kappa shape index (κ1) is 38.8. The van der Waals surface area contributed by atoms with Gasteiger partial charge in [0.1, 0.15) is 0 Å². The van der Waals surface area contributed by atoms with Crippen LogP contribution < -0.4 is 0 Å². The van der Waals surface area contributed by atoms with E-state index >= 15 is 0 Å². The summed E-state index contributed by atoms with van der Waals surface area (Å²) in [6, 6.07) is 0. The molecular formula is C42H52N4O6. The molecule has 0 unspecified atom stereocenters. The Morgan fingerprint density at radius 2 is 0.788 bits per heavy atom. The van der Waals surface area contributed by atoms with Gasteiger partial charge in [-0.2, -0.15) is 0 Å². The number of hydrogen-bond donors (Lipinski definition) is 0. The average Bonchev–Trinajstić information content (AvgIpc) is 3.14. The molecule has 0 amide bonds. The van der Waals surface area contributed by atoms with Crippen LogP contribution in [0, 0.1) is 0 Å². The van der Waals surface area contributed by atoms with Gasteiger partial charge in [-0.1, -0.05) is 36.5 Å². The molecule has 0 atom stereocenters. The van der Waals surface area contributed by atoms with E-state index in [2.05, 4.69) is 46.3 Å². The van der Waals surface area contributed by atoms with Gasteiger partial charge >= 0.3 is 0 Å². The van der Waals surface area contributed by atoms with Crippen LogP contribution in [-0.4, -0.2) is 137 Å². The third-order valence-electron chi connectivity index (χ3n) is 8.85. The van der Waals surface area contributed by atoms with Gasteiger partial charge in [0.25, 0.3) is 0 Å². The minimum Gasteiger partial charge on any atom is -0.378 e. The van der Waals surface area contributed by atoms with Crippen LogP contribution >= 0.6 is 0 Å². The molecule has 3 aliphatic heterocycles. The molecule has 0 N–H and O–H groups in total. The second-order valence-electron chi connectivity index (χ2n) is 13.0. The fourth-order valence-corrected chi connectivity index (χ4v) is 5.73. The van der Waals surface area contributed by atoms with Crippen molar-refractivity contribution in [2.75, 3.05) is 106 Å². The first-order valence-corrected chi connectivity index (χ1v) is 18.0. The molecule has 0 aromatic heterocycles. The first-order chi connectivity index (χ1) is 25.4. The van der Waals surface area contributed by atoms with Crippen LogP contribution in [0.25, 0.3) is 0 Å². The summed E-state index contributed by atoms with van der Waals surface area (Å²) in [5.41, 5.74) is 5.65. The summed E-state index contributed by atoms with van der Waals surface area (Å²) in [5.74, 6) is 0.0453. The number of rotatable bonds is 6. The van der Waals surface area contributed by atoms with Crippen molar-refractivity contribution in [1.82, 2.24) is 19.6 Å². The topological polar surface area (TPSA) is 84.0 Å². The second kappa shape index (κ2) is 21.2. The molecule has 5 aliphatic rings. The Hall–Kier alpha value is -4.42. The molecule has 1 saturated heterocycles. The fourth-order valence-electron chi connectivity index (χ4n) is 5.73. The largest absolute Gasteiger partial charge is 0.378 e. The molecule has 2 aliphatic carbocycles. The van der Waals surface area contributed by atoms with Gasteiger partial charge in [0.15, 0.2) is 11.6 Å². The summed E-state index contributed by atoms with van der Waals surface area (Å²) in [7, 11) is 3.98. The van der Waals surface area contributed by atoms with Crippen LogP contribution in [0.5, 0.6) is 0 Å². The quantitative estimate of drug-likeness (QED) is 0.395. The van der Waals surface area contributed by atoms with Crippen LogP contribution in [0.4, 0.5) is 0 Å². The van der Waals surface area contributed by atoms with Crippen molar-refractivity contribution in [2.24, 2.45) is 0 Å². The SMILES string of the molecule is CN1C=CC(=C/C=C2\C=CC(=O)C(CN3CCOCCOCCN(CC4=C/C(=C/C=C5C=CN(C)C=C5)C=CC4=O)CCOCCOCC3)=C2)C=C1. The van der Waals surface area contributed by atoms with E-state index in [1.807, 2.05) is 85.2 Å². The summed E-state index contributed by atoms with van der Waals surface area (Å²) < 4.78 is 23.7. The van der Waals surface area contributed by atoms with Crippen LogP contribution in [-0.2, 0) is 28.5 Å². The number of carbonyl (C=O) groups excluding carboxylic acids is 2. The van der Waals surface area contributed by atoms with Gasteiger partial charge in [-0.3, -0.25) is 19.4 Å². The van der Waals surface area contributed by atoms with Gasteiger partial charge in [-0.15, -0.1) is 0 Å². The van der Waals surface area contributed by atoms with Gasteiger partial charge < -0.3 is 28.7 Å². The van der Waals surface area contributed by atoms with E-state index in [4.69, 9.17) is 18.9 Å². The molecular weight excluding hydrogens is 656 g/mol. The van der Waals surface area contributed by atoms with Crippen LogP contribution in [0.1, 0.15) is 0 Å². The minimum absolute atomic E-state index is 0.0227. The Balaban J connectivity index is 1.10. The van der Waals surface area contributed by atoms with Gasteiger partial charge in [0.05, 0.1) is 52.9 Å². The van der Waals surface area contributed by atoms with Gasteiger partial charge in [-0.25, -0.2) is 0 Å².